The van der Waals surface area contributed by atoms with Crippen LogP contribution in [0, 0.1) is 11.8 Å². The first kappa shape index (κ1) is 23.2. The quantitative estimate of drug-likeness (QED) is 0.317. The molecule has 0 atom stereocenters. The molecule has 4 aromatic rings. The number of nitrogens with zero attached hydrogens (tertiary/aromatic N) is 5. The third-order valence-electron chi connectivity index (χ3n) is 6.72. The monoisotopic (exact) mass is 490 g/mol. The number of hydrogen-bond donors (Lipinski definition) is 2. The van der Waals surface area contributed by atoms with E-state index in [0.717, 1.165) is 24.4 Å². The number of rotatable bonds is 7. The Morgan fingerprint density at radius 2 is 2.00 bits per heavy atom. The number of nitrogens with one attached hydrogen (secondary N) is 1. The van der Waals surface area contributed by atoms with Gasteiger partial charge >= 0.3 is 5.97 Å². The molecule has 1 aliphatic rings. The lowest BCUT2D eigenvalue weighted by molar-refractivity contribution is 0.0691. The van der Waals surface area contributed by atoms with Gasteiger partial charge in [0.05, 0.1) is 21.7 Å². The number of hydrogen-bond acceptors (Lipinski definition) is 6. The van der Waals surface area contributed by atoms with Crippen molar-refractivity contribution in [1.82, 2.24) is 24.5 Å². The summed E-state index contributed by atoms with van der Waals surface area (Å²) in [5, 5.41) is 13.5. The van der Waals surface area contributed by atoms with Crippen LogP contribution in [0.15, 0.2) is 48.9 Å². The summed E-state index contributed by atoms with van der Waals surface area (Å²) in [6.45, 7) is 3.05. The number of pyridine rings is 3. The molecule has 0 saturated heterocycles. The average molecular weight is 491 g/mol. The van der Waals surface area contributed by atoms with Gasteiger partial charge in [-0.1, -0.05) is 50.3 Å². The summed E-state index contributed by atoms with van der Waals surface area (Å²) in [7, 11) is 0. The number of imidazole rings is 1. The van der Waals surface area contributed by atoms with Gasteiger partial charge in [0.1, 0.15) is 5.82 Å². The minimum absolute atomic E-state index is 0.0808. The molecule has 35 heavy (non-hydrogen) atoms. The molecule has 9 heteroatoms. The first-order chi connectivity index (χ1) is 17.0. The smallest absolute Gasteiger partial charge is 0.354 e. The molecule has 4 heterocycles. The van der Waals surface area contributed by atoms with Gasteiger partial charge in [0.25, 0.3) is 0 Å². The van der Waals surface area contributed by atoms with E-state index in [2.05, 4.69) is 31.8 Å². The normalized spacial score (nSPS) is 18.0. The molecular formula is C26H27ClN6O2. The van der Waals surface area contributed by atoms with Crippen molar-refractivity contribution in [3.63, 3.8) is 0 Å². The highest BCUT2D eigenvalue weighted by atomic mass is 35.5. The van der Waals surface area contributed by atoms with Gasteiger partial charge in [0.15, 0.2) is 5.69 Å². The second kappa shape index (κ2) is 10.00. The lowest BCUT2D eigenvalue weighted by Crippen LogP contribution is -2.15. The Morgan fingerprint density at radius 1 is 1.17 bits per heavy atom. The van der Waals surface area contributed by atoms with E-state index >= 15 is 0 Å². The van der Waals surface area contributed by atoms with Crippen LogP contribution < -0.4 is 5.32 Å². The molecule has 0 amide bonds. The summed E-state index contributed by atoms with van der Waals surface area (Å²) in [6.07, 6.45) is 10.9. The minimum Gasteiger partial charge on any atom is -0.477 e. The molecule has 0 spiro atoms. The van der Waals surface area contributed by atoms with Gasteiger partial charge in [0.2, 0.25) is 5.95 Å². The Morgan fingerprint density at radius 3 is 2.71 bits per heavy atom. The van der Waals surface area contributed by atoms with Crippen LogP contribution >= 0.6 is 11.6 Å². The third kappa shape index (κ3) is 5.12. The fourth-order valence-corrected chi connectivity index (χ4v) is 4.98. The van der Waals surface area contributed by atoms with Crippen molar-refractivity contribution in [1.29, 1.82) is 0 Å². The molecule has 1 saturated carbocycles. The molecule has 0 aliphatic heterocycles. The number of anilines is 2. The third-order valence-corrected chi connectivity index (χ3v) is 6.93. The van der Waals surface area contributed by atoms with E-state index in [-0.39, 0.29) is 5.69 Å². The number of carbonyl (C=O) groups is 1. The maximum absolute atomic E-state index is 11.9. The predicted octanol–water partition coefficient (Wildman–Crippen LogP) is 6.20. The molecule has 2 N–H and O–H groups in total. The number of aryl methyl sites for hydroxylation is 1. The van der Waals surface area contributed by atoms with Crippen LogP contribution in [0.4, 0.5) is 11.8 Å². The van der Waals surface area contributed by atoms with Crippen molar-refractivity contribution in [2.45, 2.75) is 45.6 Å². The summed E-state index contributed by atoms with van der Waals surface area (Å²) in [6, 6.07) is 8.88. The van der Waals surface area contributed by atoms with Crippen molar-refractivity contribution in [3.8, 4) is 11.3 Å². The highest BCUT2D eigenvalue weighted by Gasteiger charge is 2.23. The zero-order valence-electron chi connectivity index (χ0n) is 19.5. The van der Waals surface area contributed by atoms with Crippen LogP contribution in [-0.2, 0) is 6.54 Å². The van der Waals surface area contributed by atoms with Gasteiger partial charge in [-0.15, -0.1) is 0 Å². The Bertz CT molecular complexity index is 1350. The van der Waals surface area contributed by atoms with E-state index in [1.165, 1.54) is 31.7 Å². The molecule has 1 aliphatic carbocycles. The topological polar surface area (TPSA) is 106 Å². The molecule has 8 nitrogen and oxygen atoms in total. The van der Waals surface area contributed by atoms with Crippen molar-refractivity contribution < 1.29 is 9.90 Å². The van der Waals surface area contributed by atoms with Gasteiger partial charge in [-0.25, -0.2) is 19.7 Å². The number of fused-ring (bicyclic) bond motifs is 1. The average Bonchev–Trinajstić information content (AvgIpc) is 3.20. The lowest BCUT2D eigenvalue weighted by Gasteiger charge is -2.26. The molecule has 0 radical (unpaired) electrons. The van der Waals surface area contributed by atoms with E-state index in [1.54, 1.807) is 24.7 Å². The SMILES string of the molecule is CC1CCC(CCn2c(Nc3ccccn3)nc3cc(C(=O)O)nc(-c4cncc(Cl)c4)c32)CC1. The molecule has 0 bridgehead atoms. The van der Waals surface area contributed by atoms with Gasteiger partial charge in [-0.2, -0.15) is 0 Å². The van der Waals surface area contributed by atoms with E-state index < -0.39 is 5.97 Å². The van der Waals surface area contributed by atoms with E-state index in [1.807, 2.05) is 18.2 Å². The molecular weight excluding hydrogens is 464 g/mol. The Labute approximate surface area is 208 Å². The van der Waals surface area contributed by atoms with Crippen molar-refractivity contribution in [2.75, 3.05) is 5.32 Å². The van der Waals surface area contributed by atoms with E-state index in [9.17, 15) is 9.90 Å². The summed E-state index contributed by atoms with van der Waals surface area (Å²) in [4.78, 5) is 29.7. The number of carboxylic acid groups (broad SMARTS) is 1. The van der Waals surface area contributed by atoms with Crippen LogP contribution in [-0.4, -0.2) is 35.6 Å². The number of aromatic carboxylic acids is 1. The first-order valence-electron chi connectivity index (χ1n) is 11.9. The zero-order chi connectivity index (χ0) is 24.4. The summed E-state index contributed by atoms with van der Waals surface area (Å²) in [5.41, 5.74) is 2.35. The van der Waals surface area contributed by atoms with Gasteiger partial charge in [-0.3, -0.25) is 4.98 Å². The Hall–Kier alpha value is -3.52. The van der Waals surface area contributed by atoms with Crippen LogP contribution in [0.25, 0.3) is 22.3 Å². The fraction of sp³-hybridized carbons (Fsp3) is 0.346. The van der Waals surface area contributed by atoms with Gasteiger partial charge < -0.3 is 15.0 Å². The highest BCUT2D eigenvalue weighted by Crippen LogP contribution is 2.35. The number of halogens is 1. The molecule has 0 unspecified atom stereocenters. The van der Waals surface area contributed by atoms with Crippen molar-refractivity contribution >= 4 is 40.4 Å². The standard InChI is InChI=1S/C26H27ClN6O2/c1-16-5-7-17(8-6-16)9-11-33-24-20(31-26(33)32-22-4-2-3-10-29-22)13-21(25(34)35)30-23(24)18-12-19(27)15-28-14-18/h2-4,10,12-17H,5-9,11H2,1H3,(H,34,35)(H,29,31,32). The van der Waals surface area contributed by atoms with Crippen molar-refractivity contribution in [3.05, 3.63) is 59.6 Å². The Kier molecular flexibility index (Phi) is 6.63. The van der Waals surface area contributed by atoms with Crippen LogP contribution in [0.5, 0.6) is 0 Å². The molecule has 4 aromatic heterocycles. The summed E-state index contributed by atoms with van der Waals surface area (Å²) >= 11 is 6.23. The Balaban J connectivity index is 1.63. The zero-order valence-corrected chi connectivity index (χ0v) is 20.2. The summed E-state index contributed by atoms with van der Waals surface area (Å²) < 4.78 is 2.09. The second-order valence-corrected chi connectivity index (χ2v) is 9.70. The number of carboxylic acids is 1. The van der Waals surface area contributed by atoms with Gasteiger partial charge in [-0.05, 0) is 42.5 Å². The first-order valence-corrected chi connectivity index (χ1v) is 12.3. The van der Waals surface area contributed by atoms with E-state index in [0.29, 0.717) is 39.5 Å². The van der Waals surface area contributed by atoms with E-state index in [4.69, 9.17) is 16.6 Å². The maximum atomic E-state index is 11.9. The van der Waals surface area contributed by atoms with Crippen LogP contribution in [0.2, 0.25) is 5.02 Å². The highest BCUT2D eigenvalue weighted by molar-refractivity contribution is 6.30. The lowest BCUT2D eigenvalue weighted by atomic mass is 9.81. The number of aromatic nitrogens is 5. The maximum Gasteiger partial charge on any atom is 0.354 e. The molecule has 180 valence electrons. The summed E-state index contributed by atoms with van der Waals surface area (Å²) in [5.74, 6) is 1.58. The van der Waals surface area contributed by atoms with Crippen LogP contribution in [0.1, 0.15) is 49.5 Å². The van der Waals surface area contributed by atoms with Crippen LogP contribution in [0.3, 0.4) is 0 Å². The molecule has 1 fully saturated rings. The fourth-order valence-electron chi connectivity index (χ4n) is 4.80. The molecule has 0 aromatic carbocycles. The minimum atomic E-state index is -1.12. The predicted molar refractivity (Wildman–Crippen MR) is 136 cm³/mol. The van der Waals surface area contributed by atoms with Gasteiger partial charge in [0, 0.05) is 30.7 Å². The molecule has 5 rings (SSSR count). The van der Waals surface area contributed by atoms with Crippen molar-refractivity contribution in [2.24, 2.45) is 11.8 Å². The largest absolute Gasteiger partial charge is 0.477 e. The second-order valence-electron chi connectivity index (χ2n) is 9.26.